The number of rotatable bonds is 6. The summed E-state index contributed by atoms with van der Waals surface area (Å²) in [5.74, 6) is 0.605. The van der Waals surface area contributed by atoms with Gasteiger partial charge in [0.1, 0.15) is 5.52 Å². The normalized spacial score (nSPS) is 11.6. The molecule has 0 aliphatic carbocycles. The third-order valence-corrected chi connectivity index (χ3v) is 10.8. The van der Waals surface area contributed by atoms with Crippen LogP contribution in [0.1, 0.15) is 0 Å². The van der Waals surface area contributed by atoms with Gasteiger partial charge < -0.3 is 13.9 Å². The van der Waals surface area contributed by atoms with Crippen LogP contribution >= 0.6 is 0 Å². The van der Waals surface area contributed by atoms with Crippen molar-refractivity contribution in [2.24, 2.45) is 0 Å². The molecule has 0 saturated heterocycles. The SMILES string of the molecule is c1ccc(-c2nc3cccc(N(c4ccc(-c5ccc6c(c5)c5ccc7ccccc7c5n6-c5ccccc5)cc4)c4cccc5ccccc45)c3o2)cc1. The van der Waals surface area contributed by atoms with E-state index in [-0.39, 0.29) is 0 Å². The van der Waals surface area contributed by atoms with Crippen molar-refractivity contribution < 1.29 is 4.42 Å². The molecule has 0 fully saturated rings. The Morgan fingerprint density at radius 3 is 1.91 bits per heavy atom. The molecule has 2 heterocycles. The maximum Gasteiger partial charge on any atom is 0.227 e. The van der Waals surface area contributed by atoms with Gasteiger partial charge in [0.05, 0.1) is 22.4 Å². The molecule has 0 N–H and O–H groups in total. The van der Waals surface area contributed by atoms with Crippen molar-refractivity contribution in [1.82, 2.24) is 9.55 Å². The van der Waals surface area contributed by atoms with E-state index in [4.69, 9.17) is 9.40 Å². The quantitative estimate of drug-likeness (QED) is 0.173. The minimum atomic E-state index is 0.605. The molecule has 11 rings (SSSR count). The molecule has 2 aromatic heterocycles. The number of para-hydroxylation sites is 2. The number of hydrogen-bond acceptors (Lipinski definition) is 3. The van der Waals surface area contributed by atoms with Crippen LogP contribution in [-0.4, -0.2) is 9.55 Å². The zero-order valence-corrected chi connectivity index (χ0v) is 29.8. The summed E-state index contributed by atoms with van der Waals surface area (Å²) in [6, 6.07) is 71.0. The highest BCUT2D eigenvalue weighted by Crippen LogP contribution is 2.44. The second kappa shape index (κ2) is 12.6. The van der Waals surface area contributed by atoms with E-state index >= 15 is 0 Å². The van der Waals surface area contributed by atoms with Gasteiger partial charge in [0.15, 0.2) is 5.58 Å². The van der Waals surface area contributed by atoms with Gasteiger partial charge in [0.2, 0.25) is 5.89 Å². The largest absolute Gasteiger partial charge is 0.434 e. The summed E-state index contributed by atoms with van der Waals surface area (Å²) in [6.45, 7) is 0. The molecule has 0 saturated carbocycles. The van der Waals surface area contributed by atoms with Gasteiger partial charge in [-0.05, 0) is 88.6 Å². The Morgan fingerprint density at radius 2 is 1.09 bits per heavy atom. The maximum absolute atomic E-state index is 6.60. The lowest BCUT2D eigenvalue weighted by molar-refractivity contribution is 0.620. The molecule has 0 aliphatic heterocycles. The van der Waals surface area contributed by atoms with Gasteiger partial charge in [-0.3, -0.25) is 0 Å². The van der Waals surface area contributed by atoms with Gasteiger partial charge in [-0.1, -0.05) is 133 Å². The average Bonchev–Trinajstić information content (AvgIpc) is 3.85. The lowest BCUT2D eigenvalue weighted by atomic mass is 10.0. The molecule has 0 atom stereocenters. The van der Waals surface area contributed by atoms with Crippen molar-refractivity contribution >= 4 is 71.5 Å². The number of fused-ring (bicyclic) bond motifs is 7. The summed E-state index contributed by atoms with van der Waals surface area (Å²) in [5.41, 5.74) is 11.4. The standard InChI is InChI=1S/C51H33N3O/c1-3-15-37(16-4-1)51-52-45-22-12-24-48(50(45)55-51)53(46-23-11-17-35-13-7-9-20-41(35)46)40-29-25-34(26-30-40)38-28-32-47-44(33-38)43-31-27-36-14-8-10-21-42(36)49(43)54(47)39-18-5-2-6-19-39/h1-33H. The minimum absolute atomic E-state index is 0.605. The first kappa shape index (κ1) is 31.1. The Kier molecular flexibility index (Phi) is 7.14. The summed E-state index contributed by atoms with van der Waals surface area (Å²) in [6.07, 6.45) is 0. The molecule has 11 aromatic rings. The predicted octanol–water partition coefficient (Wildman–Crippen LogP) is 14.0. The molecule has 0 radical (unpaired) electrons. The van der Waals surface area contributed by atoms with Gasteiger partial charge in [-0.2, -0.15) is 0 Å². The first-order valence-electron chi connectivity index (χ1n) is 18.6. The summed E-state index contributed by atoms with van der Waals surface area (Å²) in [4.78, 5) is 7.22. The summed E-state index contributed by atoms with van der Waals surface area (Å²) in [5, 5.41) is 7.28. The van der Waals surface area contributed by atoms with Gasteiger partial charge in [-0.25, -0.2) is 4.98 Å². The van der Waals surface area contributed by atoms with Gasteiger partial charge >= 0.3 is 0 Å². The fraction of sp³-hybridized carbons (Fsp3) is 0. The molecule has 0 amide bonds. The number of aromatic nitrogens is 2. The van der Waals surface area contributed by atoms with E-state index in [9.17, 15) is 0 Å². The summed E-state index contributed by atoms with van der Waals surface area (Å²) >= 11 is 0. The van der Waals surface area contributed by atoms with E-state index in [0.29, 0.717) is 5.89 Å². The summed E-state index contributed by atoms with van der Waals surface area (Å²) in [7, 11) is 0. The topological polar surface area (TPSA) is 34.2 Å². The molecule has 4 nitrogen and oxygen atoms in total. The molecule has 0 aliphatic rings. The van der Waals surface area contributed by atoms with Crippen LogP contribution in [0.2, 0.25) is 0 Å². The van der Waals surface area contributed by atoms with Crippen molar-refractivity contribution in [3.8, 4) is 28.3 Å². The van der Waals surface area contributed by atoms with E-state index in [1.54, 1.807) is 0 Å². The number of anilines is 3. The van der Waals surface area contributed by atoms with Crippen LogP contribution in [0.25, 0.3) is 82.7 Å². The first-order chi connectivity index (χ1) is 27.3. The van der Waals surface area contributed by atoms with Crippen molar-refractivity contribution in [3.05, 3.63) is 200 Å². The Balaban J connectivity index is 1.07. The second-order valence-corrected chi connectivity index (χ2v) is 14.0. The van der Waals surface area contributed by atoms with Crippen molar-refractivity contribution in [2.45, 2.75) is 0 Å². The fourth-order valence-corrected chi connectivity index (χ4v) is 8.23. The zero-order valence-electron chi connectivity index (χ0n) is 29.8. The molecule has 258 valence electrons. The van der Waals surface area contributed by atoms with Crippen LogP contribution in [0.4, 0.5) is 17.1 Å². The zero-order chi connectivity index (χ0) is 36.3. The van der Waals surface area contributed by atoms with Crippen LogP contribution in [0, 0.1) is 0 Å². The molecular weight excluding hydrogens is 671 g/mol. The van der Waals surface area contributed by atoms with E-state index in [1.807, 2.05) is 36.4 Å². The molecular formula is C51H33N3O. The number of oxazole rings is 1. The highest BCUT2D eigenvalue weighted by molar-refractivity contribution is 6.19. The van der Waals surface area contributed by atoms with E-state index in [0.717, 1.165) is 50.4 Å². The van der Waals surface area contributed by atoms with Gasteiger partial charge in [0.25, 0.3) is 0 Å². The molecule has 9 aromatic carbocycles. The average molecular weight is 704 g/mol. The highest BCUT2D eigenvalue weighted by Gasteiger charge is 2.22. The minimum Gasteiger partial charge on any atom is -0.434 e. The van der Waals surface area contributed by atoms with E-state index in [1.165, 1.54) is 43.5 Å². The van der Waals surface area contributed by atoms with E-state index < -0.39 is 0 Å². The highest BCUT2D eigenvalue weighted by atomic mass is 16.3. The summed E-state index contributed by atoms with van der Waals surface area (Å²) < 4.78 is 9.01. The van der Waals surface area contributed by atoms with Crippen molar-refractivity contribution in [2.75, 3.05) is 4.90 Å². The first-order valence-corrected chi connectivity index (χ1v) is 18.6. The third-order valence-electron chi connectivity index (χ3n) is 10.8. The molecule has 55 heavy (non-hydrogen) atoms. The van der Waals surface area contributed by atoms with Crippen LogP contribution in [0.5, 0.6) is 0 Å². The predicted molar refractivity (Wildman–Crippen MR) is 229 cm³/mol. The maximum atomic E-state index is 6.60. The Morgan fingerprint density at radius 1 is 0.436 bits per heavy atom. The smallest absolute Gasteiger partial charge is 0.227 e. The Labute approximate surface area is 317 Å². The molecule has 0 spiro atoms. The number of benzene rings is 9. The monoisotopic (exact) mass is 703 g/mol. The van der Waals surface area contributed by atoms with Crippen LogP contribution < -0.4 is 4.90 Å². The fourth-order valence-electron chi connectivity index (χ4n) is 8.23. The van der Waals surface area contributed by atoms with Crippen molar-refractivity contribution in [1.29, 1.82) is 0 Å². The van der Waals surface area contributed by atoms with Gasteiger partial charge in [-0.15, -0.1) is 0 Å². The number of hydrogen-bond donors (Lipinski definition) is 0. The molecule has 0 bridgehead atoms. The second-order valence-electron chi connectivity index (χ2n) is 14.0. The van der Waals surface area contributed by atoms with Crippen molar-refractivity contribution in [3.63, 3.8) is 0 Å². The van der Waals surface area contributed by atoms with Crippen LogP contribution in [0.15, 0.2) is 205 Å². The lowest BCUT2D eigenvalue weighted by Crippen LogP contribution is -2.10. The van der Waals surface area contributed by atoms with Gasteiger partial charge in [0, 0.05) is 38.5 Å². The van der Waals surface area contributed by atoms with Crippen LogP contribution in [0.3, 0.4) is 0 Å². The molecule has 4 heteroatoms. The molecule has 0 unspecified atom stereocenters. The van der Waals surface area contributed by atoms with E-state index in [2.05, 4.69) is 173 Å². The number of nitrogens with zero attached hydrogens (tertiary/aromatic N) is 3. The lowest BCUT2D eigenvalue weighted by Gasteiger charge is -2.27. The Hall–Kier alpha value is -7.43. The van der Waals surface area contributed by atoms with Crippen LogP contribution in [-0.2, 0) is 0 Å². The Bertz CT molecular complexity index is 3190. The third kappa shape index (κ3) is 5.11.